The van der Waals surface area contributed by atoms with Gasteiger partial charge in [0, 0.05) is 23.0 Å². The Kier molecular flexibility index (Phi) is 2.91. The number of aromatic nitrogens is 3. The Morgan fingerprint density at radius 2 is 2.00 bits per heavy atom. The first kappa shape index (κ1) is 14.2. The fourth-order valence-corrected chi connectivity index (χ4v) is 3.51. The molecule has 1 atom stereocenters. The molecule has 1 unspecified atom stereocenters. The van der Waals surface area contributed by atoms with Crippen LogP contribution >= 0.6 is 0 Å². The quantitative estimate of drug-likeness (QED) is 0.564. The standard InChI is InChI=1S/C20H15FN4/c1-12-6-7-13(10-16(12)21)18-15-8-9-25-20(15)19(22-11-23-25)14-4-2-3-5-17(14)24-18/h2-11,18,24H,1H3. The second-order valence-electron chi connectivity index (χ2n) is 6.30. The number of fused-ring (bicyclic) bond motifs is 2. The van der Waals surface area contributed by atoms with Gasteiger partial charge in [0.15, 0.2) is 0 Å². The lowest BCUT2D eigenvalue weighted by Crippen LogP contribution is -2.12. The molecule has 1 N–H and O–H groups in total. The van der Waals surface area contributed by atoms with Gasteiger partial charge in [0.05, 0.1) is 11.6 Å². The maximum absolute atomic E-state index is 14.2. The van der Waals surface area contributed by atoms with Gasteiger partial charge in [0.2, 0.25) is 0 Å². The molecule has 2 aromatic heterocycles. The second-order valence-corrected chi connectivity index (χ2v) is 6.30. The van der Waals surface area contributed by atoms with Crippen LogP contribution in [0.1, 0.15) is 22.7 Å². The minimum absolute atomic E-state index is 0.173. The van der Waals surface area contributed by atoms with E-state index in [9.17, 15) is 4.39 Å². The number of hydrogen-bond donors (Lipinski definition) is 1. The van der Waals surface area contributed by atoms with E-state index in [1.165, 1.54) is 0 Å². The molecule has 1 aliphatic heterocycles. The summed E-state index contributed by atoms with van der Waals surface area (Å²) in [6.45, 7) is 1.77. The van der Waals surface area contributed by atoms with Gasteiger partial charge in [-0.3, -0.25) is 0 Å². The summed E-state index contributed by atoms with van der Waals surface area (Å²) < 4.78 is 16.0. The van der Waals surface area contributed by atoms with Crippen molar-refractivity contribution in [3.05, 3.63) is 83.6 Å². The smallest absolute Gasteiger partial charge is 0.137 e. The summed E-state index contributed by atoms with van der Waals surface area (Å²) in [6, 6.07) is 15.3. The third-order valence-corrected chi connectivity index (χ3v) is 4.81. The summed E-state index contributed by atoms with van der Waals surface area (Å²) in [4.78, 5) is 4.52. The zero-order valence-electron chi connectivity index (χ0n) is 13.6. The SMILES string of the molecule is Cc1ccc(C2Nc3ccccc3-c3ncnn4ccc2c34)cc1F. The van der Waals surface area contributed by atoms with Crippen molar-refractivity contribution in [1.29, 1.82) is 0 Å². The van der Waals surface area contributed by atoms with Crippen molar-refractivity contribution in [2.24, 2.45) is 0 Å². The maximum Gasteiger partial charge on any atom is 0.137 e. The van der Waals surface area contributed by atoms with Crippen LogP contribution in [-0.4, -0.2) is 14.6 Å². The molecule has 2 aromatic carbocycles. The van der Waals surface area contributed by atoms with Gasteiger partial charge in [0.1, 0.15) is 17.8 Å². The number of nitrogens with zero attached hydrogens (tertiary/aromatic N) is 3. The number of anilines is 1. The largest absolute Gasteiger partial charge is 0.374 e. The minimum Gasteiger partial charge on any atom is -0.374 e. The molecule has 4 nitrogen and oxygen atoms in total. The van der Waals surface area contributed by atoms with E-state index in [0.29, 0.717) is 5.56 Å². The predicted molar refractivity (Wildman–Crippen MR) is 95.0 cm³/mol. The topological polar surface area (TPSA) is 42.2 Å². The monoisotopic (exact) mass is 330 g/mol. The molecule has 5 rings (SSSR count). The molecule has 25 heavy (non-hydrogen) atoms. The van der Waals surface area contributed by atoms with E-state index in [1.54, 1.807) is 19.3 Å². The van der Waals surface area contributed by atoms with E-state index in [-0.39, 0.29) is 11.9 Å². The summed E-state index contributed by atoms with van der Waals surface area (Å²) in [5.74, 6) is -0.197. The number of benzene rings is 2. The van der Waals surface area contributed by atoms with Crippen LogP contribution in [0.25, 0.3) is 16.8 Å². The first-order valence-corrected chi connectivity index (χ1v) is 8.16. The molecule has 0 amide bonds. The molecule has 0 bridgehead atoms. The van der Waals surface area contributed by atoms with Gasteiger partial charge in [-0.25, -0.2) is 13.9 Å². The fourth-order valence-electron chi connectivity index (χ4n) is 3.51. The molecule has 122 valence electrons. The van der Waals surface area contributed by atoms with Gasteiger partial charge in [0.25, 0.3) is 0 Å². The number of halogens is 1. The molecular weight excluding hydrogens is 315 g/mol. The number of hydrogen-bond acceptors (Lipinski definition) is 3. The average molecular weight is 330 g/mol. The molecule has 0 aliphatic carbocycles. The van der Waals surface area contributed by atoms with Crippen molar-refractivity contribution in [3.63, 3.8) is 0 Å². The zero-order chi connectivity index (χ0) is 17.0. The van der Waals surface area contributed by atoms with Crippen molar-refractivity contribution in [2.75, 3.05) is 5.32 Å². The van der Waals surface area contributed by atoms with Crippen molar-refractivity contribution in [2.45, 2.75) is 13.0 Å². The van der Waals surface area contributed by atoms with E-state index >= 15 is 0 Å². The highest BCUT2D eigenvalue weighted by atomic mass is 19.1. The summed E-state index contributed by atoms with van der Waals surface area (Å²) in [5, 5.41) is 7.89. The molecule has 5 heteroatoms. The van der Waals surface area contributed by atoms with E-state index in [1.807, 2.05) is 53.2 Å². The van der Waals surface area contributed by atoms with Gasteiger partial charge in [-0.15, -0.1) is 0 Å². The van der Waals surface area contributed by atoms with Gasteiger partial charge < -0.3 is 5.32 Å². The number of para-hydroxylation sites is 1. The first-order valence-electron chi connectivity index (χ1n) is 8.16. The predicted octanol–water partition coefficient (Wildman–Crippen LogP) is 4.36. The normalized spacial score (nSPS) is 15.5. The summed E-state index contributed by atoms with van der Waals surface area (Å²) in [7, 11) is 0. The summed E-state index contributed by atoms with van der Waals surface area (Å²) in [5.41, 5.74) is 6.38. The Labute approximate surface area is 144 Å². The number of rotatable bonds is 1. The van der Waals surface area contributed by atoms with Gasteiger partial charge in [-0.1, -0.05) is 30.3 Å². The van der Waals surface area contributed by atoms with Crippen molar-refractivity contribution < 1.29 is 4.39 Å². The molecule has 0 spiro atoms. The van der Waals surface area contributed by atoms with Gasteiger partial charge in [-0.2, -0.15) is 5.10 Å². The van der Waals surface area contributed by atoms with E-state index < -0.39 is 0 Å². The van der Waals surface area contributed by atoms with Crippen LogP contribution in [0.2, 0.25) is 0 Å². The minimum atomic E-state index is -0.197. The number of aryl methyl sites for hydroxylation is 1. The lowest BCUT2D eigenvalue weighted by molar-refractivity contribution is 0.615. The molecule has 3 heterocycles. The molecule has 0 radical (unpaired) electrons. The summed E-state index contributed by atoms with van der Waals surface area (Å²) in [6.07, 6.45) is 3.48. The molecule has 0 saturated heterocycles. The van der Waals surface area contributed by atoms with Gasteiger partial charge >= 0.3 is 0 Å². The molecule has 1 aliphatic rings. The third kappa shape index (κ3) is 2.05. The molecule has 0 fully saturated rings. The fraction of sp³-hybridized carbons (Fsp3) is 0.100. The Morgan fingerprint density at radius 3 is 2.88 bits per heavy atom. The van der Waals surface area contributed by atoms with E-state index in [0.717, 1.165) is 33.6 Å². The number of nitrogens with one attached hydrogen (secondary N) is 1. The molecular formula is C20H15FN4. The lowest BCUT2D eigenvalue weighted by atomic mass is 9.98. The van der Waals surface area contributed by atoms with Crippen LogP contribution in [0.5, 0.6) is 0 Å². The lowest BCUT2D eigenvalue weighted by Gasteiger charge is -2.19. The second kappa shape index (κ2) is 5.14. The Morgan fingerprint density at radius 1 is 1.12 bits per heavy atom. The van der Waals surface area contributed by atoms with Crippen LogP contribution in [0.4, 0.5) is 10.1 Å². The summed E-state index contributed by atoms with van der Waals surface area (Å²) >= 11 is 0. The average Bonchev–Trinajstić information content (AvgIpc) is 3.00. The van der Waals surface area contributed by atoms with Crippen molar-refractivity contribution >= 4 is 11.2 Å². The Bertz CT molecular complexity index is 1120. The maximum atomic E-state index is 14.2. The van der Waals surface area contributed by atoms with Crippen LogP contribution < -0.4 is 5.32 Å². The van der Waals surface area contributed by atoms with Crippen LogP contribution in [-0.2, 0) is 0 Å². The van der Waals surface area contributed by atoms with Gasteiger partial charge in [-0.05, 0) is 36.2 Å². The first-order chi connectivity index (χ1) is 12.2. The third-order valence-electron chi connectivity index (χ3n) is 4.81. The highest BCUT2D eigenvalue weighted by Gasteiger charge is 2.26. The zero-order valence-corrected chi connectivity index (χ0v) is 13.6. The Balaban J connectivity index is 1.83. The van der Waals surface area contributed by atoms with Crippen molar-refractivity contribution in [3.8, 4) is 11.3 Å². The van der Waals surface area contributed by atoms with Crippen molar-refractivity contribution in [1.82, 2.24) is 14.6 Å². The Hall–Kier alpha value is -3.21. The molecule has 4 aromatic rings. The van der Waals surface area contributed by atoms with Crippen LogP contribution in [0.3, 0.4) is 0 Å². The van der Waals surface area contributed by atoms with Crippen LogP contribution in [0.15, 0.2) is 61.1 Å². The highest BCUT2D eigenvalue weighted by Crippen LogP contribution is 2.41. The molecule has 0 saturated carbocycles. The van der Waals surface area contributed by atoms with E-state index in [4.69, 9.17) is 0 Å². The highest BCUT2D eigenvalue weighted by molar-refractivity contribution is 5.89. The van der Waals surface area contributed by atoms with E-state index in [2.05, 4.69) is 15.4 Å². The van der Waals surface area contributed by atoms with Crippen LogP contribution in [0, 0.1) is 12.7 Å².